The molecule has 1 aromatic carbocycles. The van der Waals surface area contributed by atoms with Crippen LogP contribution in [0.25, 0.3) is 0 Å². The van der Waals surface area contributed by atoms with Gasteiger partial charge in [0.15, 0.2) is 0 Å². The molecule has 1 aliphatic heterocycles. The van der Waals surface area contributed by atoms with Gasteiger partial charge >= 0.3 is 0 Å². The molecule has 1 saturated heterocycles. The fourth-order valence-electron chi connectivity index (χ4n) is 1.95. The van der Waals surface area contributed by atoms with Crippen molar-refractivity contribution in [3.05, 3.63) is 29.8 Å². The van der Waals surface area contributed by atoms with E-state index in [0.29, 0.717) is 13.0 Å². The van der Waals surface area contributed by atoms with Crippen LogP contribution in [-0.4, -0.2) is 24.1 Å². The Bertz CT molecular complexity index is 350. The lowest BCUT2D eigenvalue weighted by molar-refractivity contribution is -0.126. The van der Waals surface area contributed by atoms with Crippen molar-refractivity contribution >= 4 is 5.78 Å². The monoisotopic (exact) mass is 220 g/mol. The Hall–Kier alpha value is -1.35. The molecule has 1 atom stereocenters. The van der Waals surface area contributed by atoms with Crippen LogP contribution >= 0.6 is 0 Å². The van der Waals surface area contributed by atoms with Gasteiger partial charge in [0.25, 0.3) is 0 Å². The minimum atomic E-state index is 0.0579. The first kappa shape index (κ1) is 11.1. The second kappa shape index (κ2) is 5.12. The molecule has 16 heavy (non-hydrogen) atoms. The van der Waals surface area contributed by atoms with Crippen LogP contribution in [0.4, 0.5) is 0 Å². The summed E-state index contributed by atoms with van der Waals surface area (Å²) in [7, 11) is 0. The molecule has 2 rings (SSSR count). The molecule has 0 spiro atoms. The van der Waals surface area contributed by atoms with Crippen molar-refractivity contribution in [1.82, 2.24) is 0 Å². The molecule has 0 radical (unpaired) electrons. The molecular formula is C13H16O3. The maximum atomic E-state index is 11.9. The highest BCUT2D eigenvalue weighted by Crippen LogP contribution is 2.18. The van der Waals surface area contributed by atoms with Crippen LogP contribution in [-0.2, 0) is 16.0 Å². The summed E-state index contributed by atoms with van der Waals surface area (Å²) in [6.07, 6.45) is 2.36. The summed E-state index contributed by atoms with van der Waals surface area (Å²) >= 11 is 0. The molecule has 0 saturated carbocycles. The third-order valence-corrected chi connectivity index (χ3v) is 2.93. The van der Waals surface area contributed by atoms with E-state index in [2.05, 4.69) is 0 Å². The first-order valence-corrected chi connectivity index (χ1v) is 5.64. The van der Waals surface area contributed by atoms with Gasteiger partial charge in [0.05, 0.1) is 6.61 Å². The van der Waals surface area contributed by atoms with E-state index >= 15 is 0 Å². The Labute approximate surface area is 95.0 Å². The lowest BCUT2D eigenvalue weighted by Gasteiger charge is -2.20. The van der Waals surface area contributed by atoms with Crippen LogP contribution in [0.1, 0.15) is 18.4 Å². The number of benzene rings is 1. The molecule has 3 heteroatoms. The van der Waals surface area contributed by atoms with E-state index in [4.69, 9.17) is 9.84 Å². The number of aromatic hydroxyl groups is 1. The van der Waals surface area contributed by atoms with E-state index in [0.717, 1.165) is 25.0 Å². The molecule has 1 fully saturated rings. The van der Waals surface area contributed by atoms with Gasteiger partial charge in [-0.05, 0) is 30.5 Å². The quantitative estimate of drug-likeness (QED) is 0.846. The van der Waals surface area contributed by atoms with Crippen molar-refractivity contribution in [2.75, 3.05) is 13.2 Å². The number of phenolic OH excluding ortho intramolecular Hbond substituents is 1. The maximum absolute atomic E-state index is 11.9. The van der Waals surface area contributed by atoms with Gasteiger partial charge < -0.3 is 9.84 Å². The minimum absolute atomic E-state index is 0.0579. The molecule has 0 bridgehead atoms. The first-order chi connectivity index (χ1) is 7.75. The first-order valence-electron chi connectivity index (χ1n) is 5.64. The summed E-state index contributed by atoms with van der Waals surface area (Å²) in [5.74, 6) is 0.533. The van der Waals surface area contributed by atoms with E-state index < -0.39 is 0 Å². The zero-order chi connectivity index (χ0) is 11.4. The Balaban J connectivity index is 1.93. The number of carbonyl (C=O) groups excluding carboxylic acids is 1. The van der Waals surface area contributed by atoms with Gasteiger partial charge in [-0.1, -0.05) is 12.1 Å². The predicted molar refractivity (Wildman–Crippen MR) is 60.4 cm³/mol. The predicted octanol–water partition coefficient (Wildman–Crippen LogP) is 1.93. The van der Waals surface area contributed by atoms with Crippen LogP contribution in [0.5, 0.6) is 5.75 Å². The van der Waals surface area contributed by atoms with Crippen molar-refractivity contribution in [2.45, 2.75) is 19.3 Å². The zero-order valence-corrected chi connectivity index (χ0v) is 9.19. The molecule has 3 nitrogen and oxygen atoms in total. The van der Waals surface area contributed by atoms with Gasteiger partial charge in [-0.3, -0.25) is 4.79 Å². The molecule has 0 aromatic heterocycles. The van der Waals surface area contributed by atoms with Crippen molar-refractivity contribution < 1.29 is 14.6 Å². The third-order valence-electron chi connectivity index (χ3n) is 2.93. The van der Waals surface area contributed by atoms with Crippen LogP contribution < -0.4 is 0 Å². The highest BCUT2D eigenvalue weighted by molar-refractivity contribution is 5.83. The maximum Gasteiger partial charge on any atom is 0.142 e. The van der Waals surface area contributed by atoms with Gasteiger partial charge in [-0.2, -0.15) is 0 Å². The summed E-state index contributed by atoms with van der Waals surface area (Å²) in [5, 5.41) is 9.13. The second-order valence-corrected chi connectivity index (χ2v) is 4.22. The molecule has 0 amide bonds. The number of carbonyl (C=O) groups is 1. The number of Topliss-reactive ketones (excluding diaryl/α,β-unsaturated/α-hetero) is 1. The van der Waals surface area contributed by atoms with Crippen molar-refractivity contribution in [3.63, 3.8) is 0 Å². The van der Waals surface area contributed by atoms with E-state index in [1.54, 1.807) is 24.3 Å². The largest absolute Gasteiger partial charge is 0.508 e. The normalized spacial score (nSPS) is 20.6. The Morgan fingerprint density at radius 1 is 1.38 bits per heavy atom. The molecule has 1 heterocycles. The number of hydrogen-bond donors (Lipinski definition) is 1. The van der Waals surface area contributed by atoms with Crippen molar-refractivity contribution in [1.29, 1.82) is 0 Å². The van der Waals surface area contributed by atoms with Gasteiger partial charge in [0, 0.05) is 18.9 Å². The third kappa shape index (κ3) is 2.83. The van der Waals surface area contributed by atoms with Gasteiger partial charge in [0.2, 0.25) is 0 Å². The molecule has 1 N–H and O–H groups in total. The molecule has 1 aliphatic rings. The summed E-state index contributed by atoms with van der Waals surface area (Å²) in [5.41, 5.74) is 0.952. The molecule has 86 valence electrons. The average Bonchev–Trinajstić information content (AvgIpc) is 2.33. The van der Waals surface area contributed by atoms with E-state index in [-0.39, 0.29) is 17.5 Å². The van der Waals surface area contributed by atoms with Gasteiger partial charge in [-0.25, -0.2) is 0 Å². The summed E-state index contributed by atoms with van der Waals surface area (Å²) in [6, 6.07) is 6.80. The number of hydrogen-bond acceptors (Lipinski definition) is 3. The second-order valence-electron chi connectivity index (χ2n) is 4.22. The van der Waals surface area contributed by atoms with Crippen molar-refractivity contribution in [3.8, 4) is 5.75 Å². The van der Waals surface area contributed by atoms with Crippen LogP contribution in [0.2, 0.25) is 0 Å². The lowest BCUT2D eigenvalue weighted by Crippen LogP contribution is -2.26. The van der Waals surface area contributed by atoms with Gasteiger partial charge in [-0.15, -0.1) is 0 Å². The number of ketones is 1. The fraction of sp³-hybridized carbons (Fsp3) is 0.462. The van der Waals surface area contributed by atoms with Crippen LogP contribution in [0, 0.1) is 5.92 Å². The van der Waals surface area contributed by atoms with Crippen molar-refractivity contribution in [2.24, 2.45) is 5.92 Å². The van der Waals surface area contributed by atoms with E-state index in [9.17, 15) is 4.79 Å². The van der Waals surface area contributed by atoms with E-state index in [1.165, 1.54) is 0 Å². The number of ether oxygens (including phenoxy) is 1. The van der Waals surface area contributed by atoms with Crippen LogP contribution in [0.15, 0.2) is 24.3 Å². The van der Waals surface area contributed by atoms with Crippen LogP contribution in [0.3, 0.4) is 0 Å². The summed E-state index contributed by atoms with van der Waals surface area (Å²) in [4.78, 5) is 11.9. The average molecular weight is 220 g/mol. The van der Waals surface area contributed by atoms with Gasteiger partial charge in [0.1, 0.15) is 11.5 Å². The fourth-order valence-corrected chi connectivity index (χ4v) is 1.95. The Morgan fingerprint density at radius 3 is 2.75 bits per heavy atom. The van der Waals surface area contributed by atoms with E-state index in [1.807, 2.05) is 0 Å². The molecule has 0 aliphatic carbocycles. The minimum Gasteiger partial charge on any atom is -0.508 e. The number of phenols is 1. The summed E-state index contributed by atoms with van der Waals surface area (Å²) in [6.45, 7) is 1.35. The topological polar surface area (TPSA) is 46.5 Å². The smallest absolute Gasteiger partial charge is 0.142 e. The number of rotatable bonds is 3. The highest BCUT2D eigenvalue weighted by Gasteiger charge is 2.21. The molecule has 1 unspecified atom stereocenters. The Morgan fingerprint density at radius 2 is 2.12 bits per heavy atom. The summed E-state index contributed by atoms with van der Waals surface area (Å²) < 4.78 is 5.30. The lowest BCUT2D eigenvalue weighted by atomic mass is 9.93. The SMILES string of the molecule is O=C(Cc1ccc(O)cc1)C1CCCOC1. The highest BCUT2D eigenvalue weighted by atomic mass is 16.5. The molecular weight excluding hydrogens is 204 g/mol. The zero-order valence-electron chi connectivity index (χ0n) is 9.19. The molecule has 1 aromatic rings. The standard InChI is InChI=1S/C13H16O3/c14-12-5-3-10(4-6-12)8-13(15)11-2-1-7-16-9-11/h3-6,11,14H,1-2,7-9H2. The Kier molecular flexibility index (Phi) is 3.57.